The average Bonchev–Trinajstić information content (AvgIpc) is 3.40. The average molecular weight is 641 g/mol. The van der Waals surface area contributed by atoms with Gasteiger partial charge in [0.15, 0.2) is 5.82 Å². The third kappa shape index (κ3) is 4.44. The highest BCUT2D eigenvalue weighted by atomic mass is 16.5. The molecule has 2 heterocycles. The molecule has 0 atom stereocenters. The Bertz CT molecular complexity index is 2630. The van der Waals surface area contributed by atoms with Crippen LogP contribution in [0, 0.1) is 0 Å². The van der Waals surface area contributed by atoms with Crippen LogP contribution in [0.2, 0.25) is 0 Å². The smallest absolute Gasteiger partial charge is 0.160 e. The van der Waals surface area contributed by atoms with Gasteiger partial charge in [-0.3, -0.25) is 0 Å². The van der Waals surface area contributed by atoms with Crippen molar-refractivity contribution in [1.82, 2.24) is 9.97 Å². The Morgan fingerprint density at radius 1 is 0.420 bits per heavy atom. The molecule has 10 rings (SSSR count). The zero-order valence-corrected chi connectivity index (χ0v) is 27.8. The number of hydrogen-bond donors (Lipinski definition) is 0. The van der Waals surface area contributed by atoms with Gasteiger partial charge in [0.2, 0.25) is 0 Å². The molecule has 0 saturated carbocycles. The van der Waals surface area contributed by atoms with Gasteiger partial charge in [0.05, 0.1) is 11.4 Å². The van der Waals surface area contributed by atoms with Crippen LogP contribution in [0.3, 0.4) is 0 Å². The second kappa shape index (κ2) is 10.8. The third-order valence-electron chi connectivity index (χ3n) is 10.5. The van der Waals surface area contributed by atoms with E-state index < -0.39 is 0 Å². The predicted octanol–water partition coefficient (Wildman–Crippen LogP) is 12.4. The number of fused-ring (bicyclic) bond motifs is 5. The monoisotopic (exact) mass is 640 g/mol. The van der Waals surface area contributed by atoms with Gasteiger partial charge in [0.25, 0.3) is 0 Å². The molecule has 3 nitrogen and oxygen atoms in total. The zero-order valence-electron chi connectivity index (χ0n) is 27.8. The molecule has 50 heavy (non-hydrogen) atoms. The molecule has 1 aliphatic carbocycles. The number of nitrogens with zero attached hydrogens (tertiary/aromatic N) is 2. The molecule has 7 aromatic carbocycles. The Balaban J connectivity index is 1.04. The Hall–Kier alpha value is -6.32. The lowest BCUT2D eigenvalue weighted by atomic mass is 9.82. The molecule has 1 aliphatic heterocycles. The van der Waals surface area contributed by atoms with E-state index in [1.807, 2.05) is 18.2 Å². The van der Waals surface area contributed by atoms with Crippen LogP contribution in [0.15, 0.2) is 158 Å². The molecule has 0 radical (unpaired) electrons. The summed E-state index contributed by atoms with van der Waals surface area (Å²) in [7, 11) is 0. The lowest BCUT2D eigenvalue weighted by Crippen LogP contribution is -2.14. The topological polar surface area (TPSA) is 35.0 Å². The number of ether oxygens (including phenoxy) is 1. The number of aromatic nitrogens is 2. The van der Waals surface area contributed by atoms with E-state index in [-0.39, 0.29) is 5.41 Å². The van der Waals surface area contributed by atoms with Gasteiger partial charge < -0.3 is 4.74 Å². The minimum Gasteiger partial charge on any atom is -0.456 e. The third-order valence-corrected chi connectivity index (χ3v) is 10.5. The van der Waals surface area contributed by atoms with Gasteiger partial charge in [-0.05, 0) is 74.7 Å². The van der Waals surface area contributed by atoms with Crippen LogP contribution in [0.4, 0.5) is 0 Å². The van der Waals surface area contributed by atoms with Gasteiger partial charge in [-0.2, -0.15) is 0 Å². The summed E-state index contributed by atoms with van der Waals surface area (Å²) in [6.45, 7) is 4.63. The van der Waals surface area contributed by atoms with Crippen molar-refractivity contribution in [3.05, 3.63) is 169 Å². The molecule has 8 aromatic rings. The maximum Gasteiger partial charge on any atom is 0.160 e. The quantitative estimate of drug-likeness (QED) is 0.192. The molecule has 236 valence electrons. The van der Waals surface area contributed by atoms with Crippen LogP contribution in [0.5, 0.6) is 11.5 Å². The first-order valence-corrected chi connectivity index (χ1v) is 17.2. The Kier molecular flexibility index (Phi) is 6.22. The normalized spacial score (nSPS) is 13.3. The van der Waals surface area contributed by atoms with Crippen molar-refractivity contribution in [2.24, 2.45) is 0 Å². The molecule has 0 bridgehead atoms. The predicted molar refractivity (Wildman–Crippen MR) is 204 cm³/mol. The molecule has 0 N–H and O–H groups in total. The Labute approximate surface area is 291 Å². The van der Waals surface area contributed by atoms with Crippen molar-refractivity contribution in [3.8, 4) is 78.8 Å². The van der Waals surface area contributed by atoms with E-state index in [0.29, 0.717) is 5.82 Å². The molecule has 1 aromatic heterocycles. The molecule has 3 heteroatoms. The standard InChI is InChI=1S/C47H32N2O/c1-47(2)39-16-7-6-14-35(39)38-26-34(23-25-40(38)47)42-28-41(48-46(49-42)32-10-4-3-5-11-32)30-20-18-29(19-21-30)33-22-24-36-37-15-8-12-31-13-9-17-43(45(31)37)50-44(36)27-33/h3-28H,1-2H3. The fourth-order valence-corrected chi connectivity index (χ4v) is 7.92. The van der Waals surface area contributed by atoms with Crippen LogP contribution < -0.4 is 4.74 Å². The van der Waals surface area contributed by atoms with E-state index in [1.165, 1.54) is 38.6 Å². The summed E-state index contributed by atoms with van der Waals surface area (Å²) in [6, 6.07) is 55.8. The molecular weight excluding hydrogens is 609 g/mol. The summed E-state index contributed by atoms with van der Waals surface area (Å²) in [5.74, 6) is 2.50. The van der Waals surface area contributed by atoms with E-state index >= 15 is 0 Å². The van der Waals surface area contributed by atoms with Crippen molar-refractivity contribution in [2.45, 2.75) is 19.3 Å². The van der Waals surface area contributed by atoms with E-state index in [2.05, 4.69) is 153 Å². The van der Waals surface area contributed by atoms with E-state index in [1.54, 1.807) is 0 Å². The maximum atomic E-state index is 6.46. The second-order valence-electron chi connectivity index (χ2n) is 13.8. The van der Waals surface area contributed by atoms with Gasteiger partial charge >= 0.3 is 0 Å². The van der Waals surface area contributed by atoms with E-state index in [9.17, 15) is 0 Å². The molecule has 0 fully saturated rings. The lowest BCUT2D eigenvalue weighted by molar-refractivity contribution is 0.487. The van der Waals surface area contributed by atoms with Gasteiger partial charge in [0.1, 0.15) is 11.5 Å². The summed E-state index contributed by atoms with van der Waals surface area (Å²) in [5.41, 5.74) is 14.7. The summed E-state index contributed by atoms with van der Waals surface area (Å²) in [4.78, 5) is 10.2. The first-order valence-electron chi connectivity index (χ1n) is 17.2. The van der Waals surface area contributed by atoms with E-state index in [4.69, 9.17) is 14.7 Å². The Morgan fingerprint density at radius 3 is 1.92 bits per heavy atom. The minimum absolute atomic E-state index is 0.0407. The molecule has 0 spiro atoms. The molecule has 0 amide bonds. The van der Waals surface area contributed by atoms with Crippen molar-refractivity contribution in [1.29, 1.82) is 0 Å². The molecule has 0 saturated heterocycles. The van der Waals surface area contributed by atoms with Crippen LogP contribution in [0.1, 0.15) is 25.0 Å². The molecule has 0 unspecified atom stereocenters. The zero-order chi connectivity index (χ0) is 33.4. The van der Waals surface area contributed by atoms with E-state index in [0.717, 1.165) is 56.3 Å². The summed E-state index contributed by atoms with van der Waals surface area (Å²) in [5, 5.41) is 2.37. The van der Waals surface area contributed by atoms with Crippen LogP contribution in [-0.4, -0.2) is 9.97 Å². The highest BCUT2D eigenvalue weighted by molar-refractivity contribution is 6.04. The number of rotatable bonds is 4. The van der Waals surface area contributed by atoms with Gasteiger partial charge in [-0.1, -0.05) is 141 Å². The van der Waals surface area contributed by atoms with Gasteiger partial charge in [-0.25, -0.2) is 9.97 Å². The second-order valence-corrected chi connectivity index (χ2v) is 13.8. The summed E-state index contributed by atoms with van der Waals surface area (Å²) >= 11 is 0. The highest BCUT2D eigenvalue weighted by Gasteiger charge is 2.35. The van der Waals surface area contributed by atoms with Crippen molar-refractivity contribution >= 4 is 10.8 Å². The first-order chi connectivity index (χ1) is 24.5. The number of hydrogen-bond acceptors (Lipinski definition) is 3. The fourth-order valence-electron chi connectivity index (χ4n) is 7.92. The Morgan fingerprint density at radius 2 is 1.08 bits per heavy atom. The van der Waals surface area contributed by atoms with Crippen molar-refractivity contribution in [2.75, 3.05) is 0 Å². The first kappa shape index (κ1) is 28.7. The fraction of sp³-hybridized carbons (Fsp3) is 0.0638. The number of benzene rings is 7. The van der Waals surface area contributed by atoms with Gasteiger partial charge in [0, 0.05) is 33.1 Å². The molecule has 2 aliphatic rings. The maximum absolute atomic E-state index is 6.46. The summed E-state index contributed by atoms with van der Waals surface area (Å²) < 4.78 is 6.46. The summed E-state index contributed by atoms with van der Waals surface area (Å²) in [6.07, 6.45) is 0. The van der Waals surface area contributed by atoms with Crippen LogP contribution in [-0.2, 0) is 5.41 Å². The SMILES string of the molecule is CC1(C)c2ccccc2-c2cc(-c3cc(-c4ccc(-c5ccc6c(c5)Oc5cccc7cccc-6c57)cc4)nc(-c4ccccc4)n3)ccc21. The van der Waals surface area contributed by atoms with Crippen LogP contribution >= 0.6 is 0 Å². The van der Waals surface area contributed by atoms with Crippen molar-refractivity contribution in [3.63, 3.8) is 0 Å². The highest BCUT2D eigenvalue weighted by Crippen LogP contribution is 2.50. The molecular formula is C47H32N2O. The van der Waals surface area contributed by atoms with Crippen LogP contribution in [0.25, 0.3) is 78.1 Å². The lowest BCUT2D eigenvalue weighted by Gasteiger charge is -2.22. The minimum atomic E-state index is -0.0407. The van der Waals surface area contributed by atoms with Gasteiger partial charge in [-0.15, -0.1) is 0 Å². The largest absolute Gasteiger partial charge is 0.456 e. The van der Waals surface area contributed by atoms with Crippen molar-refractivity contribution < 1.29 is 4.74 Å².